The van der Waals surface area contributed by atoms with E-state index in [0.29, 0.717) is 22.1 Å². The van der Waals surface area contributed by atoms with Crippen molar-refractivity contribution in [3.8, 4) is 0 Å². The third-order valence-corrected chi connectivity index (χ3v) is 7.02. The molecule has 0 aliphatic rings. The molecule has 1 heterocycles. The lowest BCUT2D eigenvalue weighted by atomic mass is 10.2. The van der Waals surface area contributed by atoms with Crippen LogP contribution in [0.4, 0.5) is 17.9 Å². The summed E-state index contributed by atoms with van der Waals surface area (Å²) in [7, 11) is -4.15. The predicted octanol–water partition coefficient (Wildman–Crippen LogP) is 4.96. The molecule has 0 aliphatic heterocycles. The van der Waals surface area contributed by atoms with Gasteiger partial charge in [-0.3, -0.25) is 14.1 Å². The van der Waals surface area contributed by atoms with Crippen LogP contribution in [0.2, 0.25) is 0 Å². The molecule has 1 aromatic carbocycles. The maximum Gasteiger partial charge on any atom is 0.412 e. The lowest BCUT2D eigenvalue weighted by Crippen LogP contribution is -2.35. The number of carboxylic acid groups (broad SMARTS) is 1. The van der Waals surface area contributed by atoms with Crippen molar-refractivity contribution in [1.82, 2.24) is 5.09 Å². The predicted molar refractivity (Wildman–Crippen MR) is 108 cm³/mol. The highest BCUT2D eigenvalue weighted by Gasteiger charge is 2.36. The molecule has 0 bridgehead atoms. The van der Waals surface area contributed by atoms with Gasteiger partial charge >= 0.3 is 18.1 Å². The number of rotatable bonds is 10. The third-order valence-electron chi connectivity index (χ3n) is 3.81. The minimum atomic E-state index is -4.71. The Hall–Kier alpha value is -2.01. The molecule has 174 valence electrons. The van der Waals surface area contributed by atoms with Gasteiger partial charge in [0, 0.05) is 4.70 Å². The molecule has 0 amide bonds. The fourth-order valence-electron chi connectivity index (χ4n) is 2.52. The number of ether oxygens (including phenoxy) is 1. The molecule has 2 unspecified atom stereocenters. The Morgan fingerprint density at radius 1 is 1.29 bits per heavy atom. The molecule has 31 heavy (non-hydrogen) atoms. The van der Waals surface area contributed by atoms with Crippen LogP contribution in [0.3, 0.4) is 0 Å². The van der Waals surface area contributed by atoms with E-state index in [0.717, 1.165) is 11.3 Å². The number of benzene rings is 1. The molecule has 1 aromatic heterocycles. The van der Waals surface area contributed by atoms with Gasteiger partial charge in [-0.15, -0.1) is 11.3 Å². The van der Waals surface area contributed by atoms with E-state index in [1.54, 1.807) is 13.0 Å². The Balaban J connectivity index is 0.00000480. The monoisotopic (exact) mass is 487 g/mol. The number of carbonyl (C=O) groups excluding carboxylic acids is 1. The lowest BCUT2D eigenvalue weighted by Gasteiger charge is -2.23. The van der Waals surface area contributed by atoms with E-state index in [4.69, 9.17) is 14.4 Å². The molecule has 7 nitrogen and oxygen atoms in total. The first-order valence-electron chi connectivity index (χ1n) is 8.93. The molecule has 2 atom stereocenters. The number of esters is 1. The van der Waals surface area contributed by atoms with Gasteiger partial charge in [0.2, 0.25) is 0 Å². The highest BCUT2D eigenvalue weighted by molar-refractivity contribution is 7.56. The van der Waals surface area contributed by atoms with Gasteiger partial charge in [-0.1, -0.05) is 13.0 Å². The standard InChI is InChI=1S/C18H21F3NO6PS.FH/c1-3-6-27-17(25)11(2)22-29(26,28-10-18(19,20)21)9-12-4-5-14-13(7-12)8-15(30-14)16(23)24;/h4-5,7-8,11H,3,6,9-10H2,1-2H3,(H,22,26)(H,23,24);1H. The highest BCUT2D eigenvalue weighted by atomic mass is 32.1. The number of carboxylic acids is 1. The van der Waals surface area contributed by atoms with Crippen LogP contribution in [0, 0.1) is 0 Å². The number of carbonyl (C=O) groups is 2. The van der Waals surface area contributed by atoms with E-state index in [1.807, 2.05) is 0 Å². The van der Waals surface area contributed by atoms with Gasteiger partial charge in [0.25, 0.3) is 7.52 Å². The van der Waals surface area contributed by atoms with Crippen molar-refractivity contribution in [1.29, 1.82) is 0 Å². The van der Waals surface area contributed by atoms with Crippen molar-refractivity contribution in [3.63, 3.8) is 0 Å². The first-order valence-corrected chi connectivity index (χ1v) is 11.6. The molecule has 2 aromatic rings. The van der Waals surface area contributed by atoms with E-state index < -0.39 is 44.4 Å². The number of alkyl halides is 3. The first kappa shape index (κ1) is 27.0. The summed E-state index contributed by atoms with van der Waals surface area (Å²) >= 11 is 1.04. The quantitative estimate of drug-likeness (QED) is 0.278. The third kappa shape index (κ3) is 8.21. The second kappa shape index (κ2) is 11.0. The summed E-state index contributed by atoms with van der Waals surface area (Å²) in [5, 5.41) is 12.0. The number of hydrogen-bond donors (Lipinski definition) is 2. The lowest BCUT2D eigenvalue weighted by molar-refractivity contribution is -0.153. The highest BCUT2D eigenvalue weighted by Crippen LogP contribution is 2.48. The Morgan fingerprint density at radius 3 is 2.55 bits per heavy atom. The summed E-state index contributed by atoms with van der Waals surface area (Å²) in [4.78, 5) is 23.1. The normalized spacial score (nSPS) is 14.5. The molecule has 2 rings (SSSR count). The molecular weight excluding hydrogens is 465 g/mol. The molecule has 0 radical (unpaired) electrons. The number of nitrogens with one attached hydrogen (secondary N) is 1. The van der Waals surface area contributed by atoms with Crippen molar-refractivity contribution in [2.45, 2.75) is 38.6 Å². The van der Waals surface area contributed by atoms with Crippen molar-refractivity contribution in [2.75, 3.05) is 13.2 Å². The van der Waals surface area contributed by atoms with Crippen LogP contribution in [0.15, 0.2) is 24.3 Å². The van der Waals surface area contributed by atoms with Crippen molar-refractivity contribution < 1.29 is 46.4 Å². The minimum absolute atomic E-state index is 0. The number of fused-ring (bicyclic) bond motifs is 1. The largest absolute Gasteiger partial charge is 0.477 e. The average Bonchev–Trinajstić information content (AvgIpc) is 3.07. The van der Waals surface area contributed by atoms with Gasteiger partial charge in [-0.2, -0.15) is 13.2 Å². The van der Waals surface area contributed by atoms with Gasteiger partial charge in [0.15, 0.2) is 6.61 Å². The molecule has 0 fully saturated rings. The number of hydrogen-bond acceptors (Lipinski definition) is 6. The fourth-order valence-corrected chi connectivity index (χ4v) is 5.39. The van der Waals surface area contributed by atoms with Gasteiger partial charge in [-0.25, -0.2) is 9.88 Å². The Bertz CT molecular complexity index is 964. The maximum absolute atomic E-state index is 13.1. The second-order valence-electron chi connectivity index (χ2n) is 6.53. The SMILES string of the molecule is CCCOC(=O)C(C)NP(=O)(Cc1ccc2sc(C(=O)O)cc2c1)OCC(F)(F)F.F. The van der Waals surface area contributed by atoms with E-state index in [2.05, 4.69) is 5.09 Å². The summed E-state index contributed by atoms with van der Waals surface area (Å²) in [5.74, 6) is -1.86. The molecule has 13 heteroatoms. The van der Waals surface area contributed by atoms with Crippen LogP contribution in [0.5, 0.6) is 0 Å². The van der Waals surface area contributed by atoms with Gasteiger partial charge in [0.05, 0.1) is 12.8 Å². The fraction of sp³-hybridized carbons (Fsp3) is 0.444. The summed E-state index contributed by atoms with van der Waals surface area (Å²) in [6.07, 6.45) is -4.58. The zero-order valence-electron chi connectivity index (χ0n) is 16.6. The van der Waals surface area contributed by atoms with E-state index >= 15 is 0 Å². The zero-order valence-corrected chi connectivity index (χ0v) is 18.3. The average molecular weight is 487 g/mol. The number of halogens is 4. The first-order chi connectivity index (χ1) is 13.9. The molecule has 0 aliphatic carbocycles. The van der Waals surface area contributed by atoms with Crippen LogP contribution in [0.1, 0.15) is 35.5 Å². The topological polar surface area (TPSA) is 102 Å². The van der Waals surface area contributed by atoms with Gasteiger partial charge in [0.1, 0.15) is 10.9 Å². The second-order valence-corrected chi connectivity index (χ2v) is 9.79. The van der Waals surface area contributed by atoms with E-state index in [-0.39, 0.29) is 16.2 Å². The van der Waals surface area contributed by atoms with Gasteiger partial charge in [-0.05, 0) is 42.5 Å². The Kier molecular flexibility index (Phi) is 9.62. The van der Waals surface area contributed by atoms with Crippen molar-refractivity contribution in [2.24, 2.45) is 0 Å². The van der Waals surface area contributed by atoms with E-state index in [1.165, 1.54) is 25.1 Å². The minimum Gasteiger partial charge on any atom is -0.477 e. The Labute approximate surface area is 179 Å². The van der Waals surface area contributed by atoms with E-state index in [9.17, 15) is 27.3 Å². The summed E-state index contributed by atoms with van der Waals surface area (Å²) in [6, 6.07) is 4.92. The summed E-state index contributed by atoms with van der Waals surface area (Å²) in [5.41, 5.74) is 0.365. The van der Waals surface area contributed by atoms with Crippen LogP contribution >= 0.6 is 18.9 Å². The van der Waals surface area contributed by atoms with Crippen LogP contribution in [-0.4, -0.2) is 42.5 Å². The van der Waals surface area contributed by atoms with Gasteiger partial charge < -0.3 is 14.4 Å². The molecule has 0 spiro atoms. The maximum atomic E-state index is 13.1. The summed E-state index contributed by atoms with van der Waals surface area (Å²) in [6.45, 7) is 1.47. The molecule has 0 saturated heterocycles. The summed E-state index contributed by atoms with van der Waals surface area (Å²) < 4.78 is 61.4. The molecular formula is C18H22F4NO6PS. The van der Waals surface area contributed by atoms with Crippen LogP contribution in [0.25, 0.3) is 10.1 Å². The molecule has 2 N–H and O–H groups in total. The van der Waals surface area contributed by atoms with Crippen molar-refractivity contribution in [3.05, 3.63) is 34.7 Å². The Morgan fingerprint density at radius 2 is 1.97 bits per heavy atom. The van der Waals surface area contributed by atoms with Crippen molar-refractivity contribution >= 4 is 40.9 Å². The molecule has 0 saturated carbocycles. The van der Waals surface area contributed by atoms with Crippen LogP contribution in [-0.2, 0) is 24.8 Å². The number of thiophene rings is 1. The zero-order chi connectivity index (χ0) is 22.5. The van der Waals surface area contributed by atoms with Crippen LogP contribution < -0.4 is 5.09 Å². The number of aromatic carboxylic acids is 1. The smallest absolute Gasteiger partial charge is 0.412 e.